The zero-order valence-electron chi connectivity index (χ0n) is 24.6. The Morgan fingerprint density at radius 1 is 0.596 bits per heavy atom. The molecule has 6 rings (SSSR count). The largest absolute Gasteiger partial charge is 0.480 e. The van der Waals surface area contributed by atoms with Gasteiger partial charge < -0.3 is 36.8 Å². The number of nitrogens with one attached hydrogen (secondary N) is 5. The lowest BCUT2D eigenvalue weighted by atomic mass is 10.0. The number of aromatic nitrogens is 2. The highest BCUT2D eigenvalue weighted by molar-refractivity contribution is 6.17. The van der Waals surface area contributed by atoms with Gasteiger partial charge in [-0.15, -0.1) is 0 Å². The molecule has 0 aliphatic heterocycles. The first-order valence-corrected chi connectivity index (χ1v) is 14.1. The fraction of sp³-hybridized carbons (Fsp3) is 0.188. The Labute approximate surface area is 265 Å². The van der Waals surface area contributed by atoms with Crippen LogP contribution < -0.4 is 32.8 Å². The number of pyridine rings is 2. The van der Waals surface area contributed by atoms with E-state index in [4.69, 9.17) is 10.8 Å². The molecule has 2 heterocycles. The molecular formula is C32H30F2N6O7. The van der Waals surface area contributed by atoms with Crippen LogP contribution in [0.5, 0.6) is 0 Å². The summed E-state index contributed by atoms with van der Waals surface area (Å²) in [5, 5.41) is 16.6. The normalized spacial score (nSPS) is 14.4. The van der Waals surface area contributed by atoms with E-state index in [-0.39, 0.29) is 11.1 Å². The Morgan fingerprint density at radius 3 is 1.32 bits per heavy atom. The third-order valence-corrected chi connectivity index (χ3v) is 7.27. The Balaban J connectivity index is 0.000000180. The van der Waals surface area contributed by atoms with Crippen LogP contribution in [0, 0.1) is 22.5 Å². The van der Waals surface area contributed by atoms with Crippen molar-refractivity contribution in [3.63, 3.8) is 0 Å². The SMILES string of the molecule is Nc1ccc(=O)[nH]c1.O=C(Nc1ccc(F)cc1)C1(C(=O)Nc2ccc(=O)[nH]c2)CC1.O=C(O)C1(C(=O)Nc2ccc(F)cc2)CC1. The third-order valence-electron chi connectivity index (χ3n) is 7.27. The molecule has 15 heteroatoms. The number of carboxylic acid groups (broad SMARTS) is 1. The standard InChI is InChI=1S/C16H14FN3O3.C11H10FNO3.C5H6N2O/c17-10-1-3-11(4-2-10)19-14(22)16(7-8-16)15(23)20-12-5-6-13(21)18-9-12;12-7-1-3-8(4-2-7)13-9(14)11(5-6-11)10(15)16;6-4-1-2-5(8)7-3-4/h1-6,9H,7-8H2,(H,18,21)(H,19,22)(H,20,23);1-4H,5-6H2,(H,13,14)(H,15,16);1-3H,6H2,(H,7,8). The highest BCUT2D eigenvalue weighted by Crippen LogP contribution is 2.48. The van der Waals surface area contributed by atoms with Crippen LogP contribution in [0.2, 0.25) is 0 Å². The molecule has 244 valence electrons. The van der Waals surface area contributed by atoms with Crippen LogP contribution in [0.4, 0.5) is 31.5 Å². The minimum absolute atomic E-state index is 0.126. The van der Waals surface area contributed by atoms with Crippen LogP contribution in [0.25, 0.3) is 0 Å². The smallest absolute Gasteiger partial charge is 0.319 e. The van der Waals surface area contributed by atoms with Crippen LogP contribution in [0.3, 0.4) is 0 Å². The maximum absolute atomic E-state index is 12.9. The van der Waals surface area contributed by atoms with Gasteiger partial charge in [-0.2, -0.15) is 0 Å². The Kier molecular flexibility index (Phi) is 10.3. The van der Waals surface area contributed by atoms with Gasteiger partial charge in [0, 0.05) is 41.6 Å². The molecule has 2 aliphatic carbocycles. The van der Waals surface area contributed by atoms with E-state index in [9.17, 15) is 37.5 Å². The predicted octanol–water partition coefficient (Wildman–Crippen LogP) is 3.46. The monoisotopic (exact) mass is 648 g/mol. The van der Waals surface area contributed by atoms with Crippen LogP contribution in [-0.2, 0) is 19.2 Å². The van der Waals surface area contributed by atoms with Gasteiger partial charge in [0.1, 0.15) is 22.5 Å². The number of benzene rings is 2. The fourth-order valence-corrected chi connectivity index (χ4v) is 4.07. The lowest BCUT2D eigenvalue weighted by Crippen LogP contribution is -2.35. The molecule has 0 atom stereocenters. The molecule has 2 saturated carbocycles. The molecule has 0 unspecified atom stereocenters. The summed E-state index contributed by atoms with van der Waals surface area (Å²) in [5.74, 6) is -3.30. The molecule has 4 aromatic rings. The molecule has 0 saturated heterocycles. The number of carbonyl (C=O) groups is 4. The number of anilines is 4. The van der Waals surface area contributed by atoms with E-state index < -0.39 is 46.2 Å². The molecule has 47 heavy (non-hydrogen) atoms. The summed E-state index contributed by atoms with van der Waals surface area (Å²) in [5.41, 5.74) is 4.28. The van der Waals surface area contributed by atoms with Crippen molar-refractivity contribution in [2.75, 3.05) is 21.7 Å². The number of nitrogens with two attached hydrogens (primary N) is 1. The molecule has 13 nitrogen and oxygen atoms in total. The van der Waals surface area contributed by atoms with Gasteiger partial charge in [-0.1, -0.05) is 0 Å². The number of carbonyl (C=O) groups excluding carboxylic acids is 3. The topological polar surface area (TPSA) is 216 Å². The summed E-state index contributed by atoms with van der Waals surface area (Å²) in [6.07, 6.45) is 4.42. The maximum atomic E-state index is 12.9. The molecule has 2 aliphatic rings. The predicted molar refractivity (Wildman–Crippen MR) is 168 cm³/mol. The molecule has 0 spiro atoms. The lowest BCUT2D eigenvalue weighted by molar-refractivity contribution is -0.147. The minimum atomic E-state index is -1.27. The van der Waals surface area contributed by atoms with Crippen LogP contribution in [-0.4, -0.2) is 38.8 Å². The first-order chi connectivity index (χ1) is 22.3. The number of hydrogen-bond donors (Lipinski definition) is 7. The number of hydrogen-bond acceptors (Lipinski definition) is 7. The van der Waals surface area contributed by atoms with Crippen LogP contribution >= 0.6 is 0 Å². The summed E-state index contributed by atoms with van der Waals surface area (Å²) in [6.45, 7) is 0. The zero-order chi connectivity index (χ0) is 34.2. The zero-order valence-corrected chi connectivity index (χ0v) is 24.6. The number of H-pyrrole nitrogens is 2. The number of amides is 3. The molecule has 8 N–H and O–H groups in total. The van der Waals surface area contributed by atoms with Gasteiger partial charge in [0.15, 0.2) is 0 Å². The Morgan fingerprint density at radius 2 is 0.979 bits per heavy atom. The third kappa shape index (κ3) is 8.97. The van der Waals surface area contributed by atoms with Gasteiger partial charge in [-0.25, -0.2) is 8.78 Å². The van der Waals surface area contributed by atoms with Gasteiger partial charge in [0.25, 0.3) is 0 Å². The minimum Gasteiger partial charge on any atom is -0.480 e. The van der Waals surface area contributed by atoms with E-state index in [1.165, 1.54) is 79.1 Å². The van der Waals surface area contributed by atoms with Crippen molar-refractivity contribution >= 4 is 46.4 Å². The molecule has 0 radical (unpaired) electrons. The van der Waals surface area contributed by atoms with Crippen molar-refractivity contribution < 1.29 is 33.1 Å². The number of nitrogen functional groups attached to an aromatic ring is 1. The van der Waals surface area contributed by atoms with Crippen molar-refractivity contribution in [2.45, 2.75) is 25.7 Å². The summed E-state index contributed by atoms with van der Waals surface area (Å²) in [6, 6.07) is 16.2. The van der Waals surface area contributed by atoms with Crippen molar-refractivity contribution in [3.8, 4) is 0 Å². The van der Waals surface area contributed by atoms with Crippen molar-refractivity contribution in [2.24, 2.45) is 10.8 Å². The second kappa shape index (κ2) is 14.3. The number of carboxylic acids is 1. The van der Waals surface area contributed by atoms with E-state index in [1.54, 1.807) is 6.07 Å². The van der Waals surface area contributed by atoms with E-state index in [2.05, 4.69) is 25.9 Å². The Bertz CT molecular complexity index is 1840. The van der Waals surface area contributed by atoms with Crippen molar-refractivity contribution in [1.82, 2.24) is 9.97 Å². The quantitative estimate of drug-likeness (QED) is 0.147. The van der Waals surface area contributed by atoms with Gasteiger partial charge in [-0.05, 0) is 86.3 Å². The molecule has 2 aromatic heterocycles. The summed E-state index contributed by atoms with van der Waals surface area (Å²) < 4.78 is 25.5. The average Bonchev–Trinajstić information content (AvgIpc) is 3.97. The number of rotatable bonds is 7. The number of aromatic amines is 2. The summed E-state index contributed by atoms with van der Waals surface area (Å²) in [4.78, 5) is 73.3. The summed E-state index contributed by atoms with van der Waals surface area (Å²) >= 11 is 0. The Hall–Kier alpha value is -6.12. The molecule has 2 fully saturated rings. The summed E-state index contributed by atoms with van der Waals surface area (Å²) in [7, 11) is 0. The second-order valence-corrected chi connectivity index (χ2v) is 10.8. The maximum Gasteiger partial charge on any atom is 0.319 e. The van der Waals surface area contributed by atoms with Crippen molar-refractivity contribution in [1.29, 1.82) is 0 Å². The first-order valence-electron chi connectivity index (χ1n) is 14.1. The molecule has 0 bridgehead atoms. The van der Waals surface area contributed by atoms with E-state index >= 15 is 0 Å². The number of aliphatic carboxylic acids is 1. The van der Waals surface area contributed by atoms with Gasteiger partial charge in [0.2, 0.25) is 28.8 Å². The second-order valence-electron chi connectivity index (χ2n) is 10.8. The number of halogens is 2. The molecule has 3 amide bonds. The van der Waals surface area contributed by atoms with Gasteiger partial charge in [-0.3, -0.25) is 28.8 Å². The first kappa shape index (κ1) is 33.8. The van der Waals surface area contributed by atoms with Crippen LogP contribution in [0.15, 0.2) is 94.8 Å². The highest BCUT2D eigenvalue weighted by atomic mass is 19.1. The van der Waals surface area contributed by atoms with E-state index in [0.717, 1.165) is 0 Å². The molecular weight excluding hydrogens is 618 g/mol. The lowest BCUT2D eigenvalue weighted by Gasteiger charge is -2.15. The van der Waals surface area contributed by atoms with Gasteiger partial charge in [0.05, 0.1) is 5.69 Å². The van der Waals surface area contributed by atoms with Crippen LogP contribution in [0.1, 0.15) is 25.7 Å². The van der Waals surface area contributed by atoms with Crippen molar-refractivity contribution in [3.05, 3.63) is 118 Å². The van der Waals surface area contributed by atoms with E-state index in [1.807, 2.05) is 0 Å². The van der Waals surface area contributed by atoms with Gasteiger partial charge >= 0.3 is 5.97 Å². The average molecular weight is 649 g/mol. The molecule has 2 aromatic carbocycles. The highest BCUT2D eigenvalue weighted by Gasteiger charge is 2.57. The van der Waals surface area contributed by atoms with E-state index in [0.29, 0.717) is 48.4 Å². The fourth-order valence-electron chi connectivity index (χ4n) is 4.07.